The van der Waals surface area contributed by atoms with Crippen molar-refractivity contribution in [2.75, 3.05) is 17.7 Å². The number of hydrogen-bond acceptors (Lipinski definition) is 5. The van der Waals surface area contributed by atoms with E-state index in [9.17, 15) is 0 Å². The molecular formula is C21H25N5. The van der Waals surface area contributed by atoms with Crippen molar-refractivity contribution in [2.45, 2.75) is 33.1 Å². The van der Waals surface area contributed by atoms with Gasteiger partial charge in [-0.05, 0) is 41.8 Å². The molecule has 0 unspecified atom stereocenters. The predicted molar refractivity (Wildman–Crippen MR) is 107 cm³/mol. The molecule has 1 aromatic heterocycles. The highest BCUT2D eigenvalue weighted by atomic mass is 15.2. The van der Waals surface area contributed by atoms with E-state index in [1.165, 1.54) is 11.1 Å². The molecule has 2 aromatic carbocycles. The predicted octanol–water partition coefficient (Wildman–Crippen LogP) is 4.37. The number of anilines is 3. The first kappa shape index (κ1) is 17.9. The van der Waals surface area contributed by atoms with Crippen LogP contribution in [0.5, 0.6) is 0 Å². The molecule has 3 rings (SSSR count). The van der Waals surface area contributed by atoms with Gasteiger partial charge in [0.2, 0.25) is 5.95 Å². The van der Waals surface area contributed by atoms with Crippen LogP contribution in [0.4, 0.5) is 17.3 Å². The van der Waals surface area contributed by atoms with E-state index in [-0.39, 0.29) is 0 Å². The van der Waals surface area contributed by atoms with E-state index >= 15 is 0 Å². The van der Waals surface area contributed by atoms with Crippen molar-refractivity contribution in [1.82, 2.24) is 15.0 Å². The largest absolute Gasteiger partial charge is 0.388 e. The van der Waals surface area contributed by atoms with Crippen molar-refractivity contribution >= 4 is 17.3 Å². The first-order chi connectivity index (χ1) is 12.7. The third-order valence-corrected chi connectivity index (χ3v) is 4.22. The molecule has 0 fully saturated rings. The maximum absolute atomic E-state index is 4.46. The van der Waals surface area contributed by atoms with Crippen LogP contribution < -0.4 is 10.6 Å². The van der Waals surface area contributed by atoms with Gasteiger partial charge in [-0.1, -0.05) is 38.1 Å². The molecule has 0 aliphatic carbocycles. The van der Waals surface area contributed by atoms with Crippen LogP contribution in [0.25, 0.3) is 0 Å². The summed E-state index contributed by atoms with van der Waals surface area (Å²) in [6, 6.07) is 16.9. The van der Waals surface area contributed by atoms with Gasteiger partial charge >= 0.3 is 0 Å². The van der Waals surface area contributed by atoms with Gasteiger partial charge in [-0.3, -0.25) is 0 Å². The van der Waals surface area contributed by atoms with Crippen LogP contribution in [-0.2, 0) is 19.3 Å². The Kier molecular flexibility index (Phi) is 5.79. The van der Waals surface area contributed by atoms with E-state index in [0.717, 1.165) is 42.3 Å². The Morgan fingerprint density at radius 2 is 1.19 bits per heavy atom. The minimum absolute atomic E-state index is 0.615. The smallest absolute Gasteiger partial charge is 0.230 e. The molecule has 134 valence electrons. The van der Waals surface area contributed by atoms with Gasteiger partial charge in [-0.25, -0.2) is 4.98 Å². The van der Waals surface area contributed by atoms with E-state index in [4.69, 9.17) is 0 Å². The Hall–Kier alpha value is -2.95. The van der Waals surface area contributed by atoms with E-state index in [1.54, 1.807) is 0 Å². The van der Waals surface area contributed by atoms with Gasteiger partial charge in [-0.15, -0.1) is 0 Å². The first-order valence-corrected chi connectivity index (χ1v) is 9.06. The van der Waals surface area contributed by atoms with Crippen molar-refractivity contribution in [1.29, 1.82) is 0 Å². The number of benzene rings is 2. The van der Waals surface area contributed by atoms with Crippen LogP contribution in [0.3, 0.4) is 0 Å². The van der Waals surface area contributed by atoms with E-state index in [2.05, 4.69) is 88.0 Å². The monoisotopic (exact) mass is 347 g/mol. The number of nitrogens with one attached hydrogen (secondary N) is 2. The summed E-state index contributed by atoms with van der Waals surface area (Å²) in [4.78, 5) is 13.3. The average molecular weight is 347 g/mol. The highest BCUT2D eigenvalue weighted by Gasteiger charge is 2.05. The SMILES string of the molecule is CCc1nc(CC)nc(Nc2ccc(Cc3ccc(NC)cc3)cc2)n1. The minimum Gasteiger partial charge on any atom is -0.388 e. The summed E-state index contributed by atoms with van der Waals surface area (Å²) in [5.41, 5.74) is 4.67. The van der Waals surface area contributed by atoms with Gasteiger partial charge in [0.15, 0.2) is 0 Å². The fourth-order valence-corrected chi connectivity index (χ4v) is 2.70. The Labute approximate surface area is 154 Å². The molecule has 0 saturated heterocycles. The van der Waals surface area contributed by atoms with Gasteiger partial charge < -0.3 is 10.6 Å². The summed E-state index contributed by atoms with van der Waals surface area (Å²) in [6.07, 6.45) is 2.51. The molecule has 0 spiro atoms. The highest BCUT2D eigenvalue weighted by Crippen LogP contribution is 2.18. The second kappa shape index (κ2) is 8.43. The number of hydrogen-bond donors (Lipinski definition) is 2. The Bertz CT molecular complexity index is 819. The van der Waals surface area contributed by atoms with Crippen molar-refractivity contribution in [3.63, 3.8) is 0 Å². The second-order valence-electron chi connectivity index (χ2n) is 6.14. The van der Waals surface area contributed by atoms with E-state index in [0.29, 0.717) is 5.95 Å². The Morgan fingerprint density at radius 3 is 1.65 bits per heavy atom. The Balaban J connectivity index is 1.69. The zero-order valence-corrected chi connectivity index (χ0v) is 15.6. The molecule has 0 atom stereocenters. The molecule has 0 bridgehead atoms. The van der Waals surface area contributed by atoms with Crippen LogP contribution in [0.1, 0.15) is 36.6 Å². The first-order valence-electron chi connectivity index (χ1n) is 9.06. The molecule has 26 heavy (non-hydrogen) atoms. The molecule has 0 amide bonds. The number of aromatic nitrogens is 3. The summed E-state index contributed by atoms with van der Waals surface area (Å²) in [5.74, 6) is 2.26. The third-order valence-electron chi connectivity index (χ3n) is 4.22. The van der Waals surface area contributed by atoms with Gasteiger partial charge in [-0.2, -0.15) is 9.97 Å². The van der Waals surface area contributed by atoms with Crippen molar-refractivity contribution in [3.05, 3.63) is 71.3 Å². The minimum atomic E-state index is 0.615. The quantitative estimate of drug-likeness (QED) is 0.664. The fourth-order valence-electron chi connectivity index (χ4n) is 2.70. The second-order valence-corrected chi connectivity index (χ2v) is 6.14. The van der Waals surface area contributed by atoms with Crippen molar-refractivity contribution in [2.24, 2.45) is 0 Å². The Morgan fingerprint density at radius 1 is 0.692 bits per heavy atom. The summed E-state index contributed by atoms with van der Waals surface area (Å²) in [5, 5.41) is 6.43. The van der Waals surface area contributed by atoms with Crippen LogP contribution in [0, 0.1) is 0 Å². The molecule has 0 aliphatic rings. The zero-order valence-electron chi connectivity index (χ0n) is 15.6. The standard InChI is InChI=1S/C21H25N5/c1-4-19-24-20(5-2)26-21(25-19)23-18-12-8-16(9-13-18)14-15-6-10-17(22-3)11-7-15/h6-13,22H,4-5,14H2,1-3H3,(H,23,24,25,26). The zero-order chi connectivity index (χ0) is 18.4. The average Bonchev–Trinajstić information content (AvgIpc) is 2.69. The lowest BCUT2D eigenvalue weighted by Crippen LogP contribution is -2.06. The van der Waals surface area contributed by atoms with Gasteiger partial charge in [0.1, 0.15) is 11.6 Å². The lowest BCUT2D eigenvalue weighted by Gasteiger charge is -2.09. The maximum atomic E-state index is 4.46. The van der Waals surface area contributed by atoms with Crippen LogP contribution >= 0.6 is 0 Å². The molecule has 1 heterocycles. The molecule has 3 aromatic rings. The fraction of sp³-hybridized carbons (Fsp3) is 0.286. The molecule has 0 aliphatic heterocycles. The van der Waals surface area contributed by atoms with E-state index < -0.39 is 0 Å². The van der Waals surface area contributed by atoms with Gasteiger partial charge in [0.25, 0.3) is 0 Å². The molecule has 2 N–H and O–H groups in total. The highest BCUT2D eigenvalue weighted by molar-refractivity contribution is 5.54. The maximum Gasteiger partial charge on any atom is 0.230 e. The van der Waals surface area contributed by atoms with Gasteiger partial charge in [0, 0.05) is 31.3 Å². The number of rotatable bonds is 7. The third kappa shape index (κ3) is 4.57. The number of aryl methyl sites for hydroxylation is 2. The number of nitrogens with zero attached hydrogens (tertiary/aromatic N) is 3. The normalized spacial score (nSPS) is 10.6. The summed E-state index contributed by atoms with van der Waals surface area (Å²) < 4.78 is 0. The van der Waals surface area contributed by atoms with Crippen molar-refractivity contribution in [3.8, 4) is 0 Å². The molecule has 0 radical (unpaired) electrons. The molecule has 5 nitrogen and oxygen atoms in total. The lowest BCUT2D eigenvalue weighted by molar-refractivity contribution is 0.832. The summed E-state index contributed by atoms with van der Waals surface area (Å²) in [7, 11) is 1.93. The van der Waals surface area contributed by atoms with E-state index in [1.807, 2.05) is 7.05 Å². The molecule has 0 saturated carbocycles. The molecular weight excluding hydrogens is 322 g/mol. The molecule has 5 heteroatoms. The van der Waals surface area contributed by atoms with Crippen LogP contribution in [-0.4, -0.2) is 22.0 Å². The van der Waals surface area contributed by atoms with Crippen molar-refractivity contribution < 1.29 is 0 Å². The topological polar surface area (TPSA) is 62.7 Å². The summed E-state index contributed by atoms with van der Waals surface area (Å²) >= 11 is 0. The lowest BCUT2D eigenvalue weighted by atomic mass is 10.0. The summed E-state index contributed by atoms with van der Waals surface area (Å²) in [6.45, 7) is 4.10. The van der Waals surface area contributed by atoms with Crippen LogP contribution in [0.15, 0.2) is 48.5 Å². The van der Waals surface area contributed by atoms with Gasteiger partial charge in [0.05, 0.1) is 0 Å². The van der Waals surface area contributed by atoms with Crippen LogP contribution in [0.2, 0.25) is 0 Å².